The van der Waals surface area contributed by atoms with Crippen molar-refractivity contribution in [1.29, 1.82) is 0 Å². The highest BCUT2D eigenvalue weighted by molar-refractivity contribution is 6.05. The van der Waals surface area contributed by atoms with Gasteiger partial charge in [0, 0.05) is 23.7 Å². The summed E-state index contributed by atoms with van der Waals surface area (Å²) in [6.07, 6.45) is 4.13. The van der Waals surface area contributed by atoms with Crippen molar-refractivity contribution in [2.75, 3.05) is 6.54 Å². The van der Waals surface area contributed by atoms with Crippen LogP contribution < -0.4 is 11.1 Å². The first kappa shape index (κ1) is 14.2. The van der Waals surface area contributed by atoms with E-state index in [0.717, 1.165) is 25.7 Å². The largest absolute Gasteiger partial charge is 0.328 e. The van der Waals surface area contributed by atoms with Crippen LogP contribution in [0.5, 0.6) is 0 Å². The number of nitrogens with zero attached hydrogens (tertiary/aromatic N) is 1. The molecule has 2 fully saturated rings. The van der Waals surface area contributed by atoms with Gasteiger partial charge < -0.3 is 5.73 Å². The molecule has 0 radical (unpaired) electrons. The Hall–Kier alpha value is -1.72. The molecule has 2 bridgehead atoms. The molecule has 2 saturated heterocycles. The number of carbonyl (C=O) groups excluding carboxylic acids is 2. The standard InChI is InChI=1S/C16H21N3O2/c17-12-8-13-6-7-14(9-12)19(13)10-15(20)18-16(21)11-4-2-1-3-5-11/h1-5,12-14H,6-10,17H2,(H,18,20,21). The lowest BCUT2D eigenvalue weighted by atomic mass is 9.98. The lowest BCUT2D eigenvalue weighted by Crippen LogP contribution is -2.51. The Labute approximate surface area is 124 Å². The van der Waals surface area contributed by atoms with Crippen molar-refractivity contribution < 1.29 is 9.59 Å². The summed E-state index contributed by atoms with van der Waals surface area (Å²) in [6.45, 7) is 0.292. The number of nitrogens with two attached hydrogens (primary N) is 1. The zero-order chi connectivity index (χ0) is 14.8. The normalized spacial score (nSPS) is 28.3. The number of imide groups is 1. The summed E-state index contributed by atoms with van der Waals surface area (Å²) in [7, 11) is 0. The van der Waals surface area contributed by atoms with Gasteiger partial charge in [-0.1, -0.05) is 18.2 Å². The van der Waals surface area contributed by atoms with Crippen LogP contribution in [0.15, 0.2) is 30.3 Å². The van der Waals surface area contributed by atoms with Crippen LogP contribution in [0.3, 0.4) is 0 Å². The molecule has 3 N–H and O–H groups in total. The maximum atomic E-state index is 12.1. The lowest BCUT2D eigenvalue weighted by molar-refractivity contribution is -0.122. The minimum atomic E-state index is -0.332. The molecule has 112 valence electrons. The Morgan fingerprint density at radius 1 is 1.14 bits per heavy atom. The molecule has 2 atom stereocenters. The van der Waals surface area contributed by atoms with E-state index in [1.54, 1.807) is 24.3 Å². The predicted octanol–water partition coefficient (Wildman–Crippen LogP) is 0.897. The summed E-state index contributed by atoms with van der Waals surface area (Å²) in [5.74, 6) is -0.558. The number of rotatable bonds is 3. The Morgan fingerprint density at radius 2 is 1.76 bits per heavy atom. The molecule has 2 aliphatic rings. The molecule has 0 aliphatic carbocycles. The van der Waals surface area contributed by atoms with Crippen molar-refractivity contribution in [3.63, 3.8) is 0 Å². The minimum absolute atomic E-state index is 0.226. The Morgan fingerprint density at radius 3 is 2.38 bits per heavy atom. The first-order valence-electron chi connectivity index (χ1n) is 7.54. The fourth-order valence-corrected chi connectivity index (χ4v) is 3.57. The molecule has 5 heteroatoms. The predicted molar refractivity (Wildman–Crippen MR) is 79.6 cm³/mol. The quantitative estimate of drug-likeness (QED) is 0.866. The average molecular weight is 287 g/mol. The maximum absolute atomic E-state index is 12.1. The van der Waals surface area contributed by atoms with E-state index >= 15 is 0 Å². The molecule has 0 aromatic heterocycles. The monoisotopic (exact) mass is 287 g/mol. The minimum Gasteiger partial charge on any atom is -0.328 e. The van der Waals surface area contributed by atoms with Gasteiger partial charge in [-0.2, -0.15) is 0 Å². The maximum Gasteiger partial charge on any atom is 0.257 e. The van der Waals surface area contributed by atoms with Gasteiger partial charge in [0.15, 0.2) is 0 Å². The van der Waals surface area contributed by atoms with Gasteiger partial charge in [0.25, 0.3) is 5.91 Å². The molecular weight excluding hydrogens is 266 g/mol. The number of hydrogen-bond acceptors (Lipinski definition) is 4. The van der Waals surface area contributed by atoms with E-state index in [-0.39, 0.29) is 17.9 Å². The zero-order valence-corrected chi connectivity index (χ0v) is 12.0. The summed E-state index contributed by atoms with van der Waals surface area (Å²) in [4.78, 5) is 26.3. The zero-order valence-electron chi connectivity index (χ0n) is 12.0. The Balaban J connectivity index is 1.57. The summed E-state index contributed by atoms with van der Waals surface area (Å²) >= 11 is 0. The van der Waals surface area contributed by atoms with E-state index in [9.17, 15) is 9.59 Å². The smallest absolute Gasteiger partial charge is 0.257 e. The van der Waals surface area contributed by atoms with Crippen molar-refractivity contribution >= 4 is 11.8 Å². The van der Waals surface area contributed by atoms with Crippen molar-refractivity contribution in [1.82, 2.24) is 10.2 Å². The van der Waals surface area contributed by atoms with Crippen LogP contribution in [-0.4, -0.2) is 41.4 Å². The van der Waals surface area contributed by atoms with Gasteiger partial charge in [-0.15, -0.1) is 0 Å². The fraction of sp³-hybridized carbons (Fsp3) is 0.500. The second-order valence-corrected chi connectivity index (χ2v) is 6.03. The third kappa shape index (κ3) is 3.14. The fourth-order valence-electron chi connectivity index (χ4n) is 3.57. The third-order valence-corrected chi connectivity index (χ3v) is 4.54. The molecule has 0 spiro atoms. The molecule has 2 aliphatic heterocycles. The van der Waals surface area contributed by atoms with Crippen LogP contribution in [0.2, 0.25) is 0 Å². The molecule has 3 rings (SSSR count). The van der Waals surface area contributed by atoms with E-state index in [1.807, 2.05) is 6.07 Å². The van der Waals surface area contributed by atoms with E-state index in [2.05, 4.69) is 10.2 Å². The van der Waals surface area contributed by atoms with Crippen molar-refractivity contribution in [2.45, 2.75) is 43.8 Å². The average Bonchev–Trinajstić information content (AvgIpc) is 2.71. The highest BCUT2D eigenvalue weighted by atomic mass is 16.2. The van der Waals surface area contributed by atoms with E-state index < -0.39 is 0 Å². The van der Waals surface area contributed by atoms with Gasteiger partial charge in [0.2, 0.25) is 5.91 Å². The number of piperidine rings is 1. The number of fused-ring (bicyclic) bond motifs is 2. The molecule has 1 aromatic carbocycles. The highest BCUT2D eigenvalue weighted by Gasteiger charge is 2.40. The highest BCUT2D eigenvalue weighted by Crippen LogP contribution is 2.34. The first-order valence-corrected chi connectivity index (χ1v) is 7.54. The van der Waals surface area contributed by atoms with Crippen LogP contribution in [-0.2, 0) is 4.79 Å². The van der Waals surface area contributed by atoms with Crippen LogP contribution in [0.25, 0.3) is 0 Å². The molecule has 0 saturated carbocycles. The molecule has 2 heterocycles. The van der Waals surface area contributed by atoms with Crippen LogP contribution in [0.4, 0.5) is 0 Å². The molecule has 5 nitrogen and oxygen atoms in total. The summed E-state index contributed by atoms with van der Waals surface area (Å²) in [6, 6.07) is 9.86. The molecular formula is C16H21N3O2. The second-order valence-electron chi connectivity index (χ2n) is 6.03. The van der Waals surface area contributed by atoms with E-state index in [1.165, 1.54) is 0 Å². The SMILES string of the molecule is NC1CC2CCC(C1)N2CC(=O)NC(=O)c1ccccc1. The molecule has 2 unspecified atom stereocenters. The van der Waals surface area contributed by atoms with E-state index in [4.69, 9.17) is 5.73 Å². The topological polar surface area (TPSA) is 75.4 Å². The summed E-state index contributed by atoms with van der Waals surface area (Å²) < 4.78 is 0. The van der Waals surface area contributed by atoms with Crippen LogP contribution >= 0.6 is 0 Å². The van der Waals surface area contributed by atoms with Crippen LogP contribution in [0.1, 0.15) is 36.0 Å². The van der Waals surface area contributed by atoms with Gasteiger partial charge in [-0.25, -0.2) is 0 Å². The van der Waals surface area contributed by atoms with Crippen molar-refractivity contribution in [2.24, 2.45) is 5.73 Å². The Kier molecular flexibility index (Phi) is 4.03. The Bertz CT molecular complexity index is 518. The van der Waals surface area contributed by atoms with E-state index in [0.29, 0.717) is 24.2 Å². The molecule has 1 aromatic rings. The van der Waals surface area contributed by atoms with Gasteiger partial charge in [0.1, 0.15) is 0 Å². The summed E-state index contributed by atoms with van der Waals surface area (Å²) in [5.41, 5.74) is 6.53. The van der Waals surface area contributed by atoms with Crippen molar-refractivity contribution in [3.05, 3.63) is 35.9 Å². The molecule has 21 heavy (non-hydrogen) atoms. The van der Waals surface area contributed by atoms with Gasteiger partial charge in [-0.05, 0) is 37.8 Å². The van der Waals surface area contributed by atoms with Gasteiger partial charge in [0.05, 0.1) is 6.54 Å². The lowest BCUT2D eigenvalue weighted by Gasteiger charge is -2.37. The first-order chi connectivity index (χ1) is 10.1. The number of carbonyl (C=O) groups is 2. The van der Waals surface area contributed by atoms with Gasteiger partial charge in [-0.3, -0.25) is 19.8 Å². The second kappa shape index (κ2) is 5.95. The third-order valence-electron chi connectivity index (χ3n) is 4.54. The van der Waals surface area contributed by atoms with Crippen molar-refractivity contribution in [3.8, 4) is 0 Å². The number of benzene rings is 1. The van der Waals surface area contributed by atoms with Crippen LogP contribution in [0, 0.1) is 0 Å². The number of hydrogen-bond donors (Lipinski definition) is 2. The summed E-state index contributed by atoms with van der Waals surface area (Å²) in [5, 5.41) is 2.47. The number of nitrogens with one attached hydrogen (secondary N) is 1. The van der Waals surface area contributed by atoms with Gasteiger partial charge >= 0.3 is 0 Å². The molecule has 2 amide bonds. The number of amides is 2.